The lowest BCUT2D eigenvalue weighted by Crippen LogP contribution is -2.08. The average Bonchev–Trinajstić information content (AvgIpc) is 2.54. The molecule has 0 aliphatic heterocycles. The first-order valence-electron chi connectivity index (χ1n) is 6.64. The zero-order valence-corrected chi connectivity index (χ0v) is 11.8. The number of carboxylic acid groups (broad SMARTS) is 1. The Bertz CT molecular complexity index is 969. The van der Waals surface area contributed by atoms with Crippen molar-refractivity contribution in [3.63, 3.8) is 0 Å². The number of pyridine rings is 1. The molecule has 0 unspecified atom stereocenters. The number of nitrogens with zero attached hydrogens (tertiary/aromatic N) is 1. The Balaban J connectivity index is 2.49. The molecule has 2 aromatic carbocycles. The summed E-state index contributed by atoms with van der Waals surface area (Å²) in [5.41, 5.74) is 1.18. The van der Waals surface area contributed by atoms with Gasteiger partial charge in [-0.1, -0.05) is 12.1 Å². The number of aliphatic carboxylic acids is 1. The Labute approximate surface area is 125 Å². The maximum atomic E-state index is 12.6. The van der Waals surface area contributed by atoms with Crippen LogP contribution in [0.15, 0.2) is 53.3 Å². The van der Waals surface area contributed by atoms with Crippen LogP contribution in [0, 0.1) is 0 Å². The van der Waals surface area contributed by atoms with Crippen LogP contribution in [0.25, 0.3) is 28.0 Å². The van der Waals surface area contributed by atoms with Crippen molar-refractivity contribution in [2.45, 2.75) is 0 Å². The van der Waals surface area contributed by atoms with Gasteiger partial charge in [0, 0.05) is 17.7 Å². The molecule has 0 radical (unpaired) electrons. The van der Waals surface area contributed by atoms with Crippen molar-refractivity contribution in [3.05, 3.63) is 58.8 Å². The molecule has 1 N–H and O–H groups in total. The summed E-state index contributed by atoms with van der Waals surface area (Å²) in [6.07, 6.45) is 2.49. The van der Waals surface area contributed by atoms with Crippen molar-refractivity contribution in [1.29, 1.82) is 0 Å². The van der Waals surface area contributed by atoms with Gasteiger partial charge in [-0.2, -0.15) is 0 Å². The van der Waals surface area contributed by atoms with E-state index in [-0.39, 0.29) is 5.43 Å². The van der Waals surface area contributed by atoms with Crippen LogP contribution in [0.1, 0.15) is 0 Å². The number of carboxylic acids is 1. The van der Waals surface area contributed by atoms with Gasteiger partial charge in [0.25, 0.3) is 0 Å². The minimum absolute atomic E-state index is 0.107. The molecular weight excluding hydrogens is 282 g/mol. The highest BCUT2D eigenvalue weighted by atomic mass is 16.5. The van der Waals surface area contributed by atoms with E-state index in [1.54, 1.807) is 41.0 Å². The standard InChI is InChI=1S/C17H13NO4/c1-22-11-6-7-15-13(10-11)17(21)12-4-2-3-5-14(12)18(15)9-8-16(19)20/h2-10H,1H3,(H,19,20)/b9-8+. The van der Waals surface area contributed by atoms with Crippen LogP contribution in [0.3, 0.4) is 0 Å². The smallest absolute Gasteiger partial charge is 0.329 e. The summed E-state index contributed by atoms with van der Waals surface area (Å²) in [4.78, 5) is 23.5. The van der Waals surface area contributed by atoms with E-state index in [1.807, 2.05) is 6.07 Å². The van der Waals surface area contributed by atoms with Crippen molar-refractivity contribution in [1.82, 2.24) is 4.57 Å². The van der Waals surface area contributed by atoms with Crippen LogP contribution >= 0.6 is 0 Å². The van der Waals surface area contributed by atoms with Gasteiger partial charge in [0.1, 0.15) is 5.75 Å². The number of para-hydroxylation sites is 1. The minimum Gasteiger partial charge on any atom is -0.497 e. The first-order chi connectivity index (χ1) is 10.6. The lowest BCUT2D eigenvalue weighted by molar-refractivity contribution is -0.131. The molecule has 0 saturated carbocycles. The van der Waals surface area contributed by atoms with E-state index in [4.69, 9.17) is 9.84 Å². The SMILES string of the molecule is COc1ccc2c(c1)c(=O)c1ccccc1n2/C=C/C(=O)O. The van der Waals surface area contributed by atoms with E-state index >= 15 is 0 Å². The summed E-state index contributed by atoms with van der Waals surface area (Å²) in [5, 5.41) is 9.88. The lowest BCUT2D eigenvalue weighted by atomic mass is 10.1. The van der Waals surface area contributed by atoms with Gasteiger partial charge in [-0.15, -0.1) is 0 Å². The molecule has 5 heteroatoms. The Morgan fingerprint density at radius 2 is 1.86 bits per heavy atom. The van der Waals surface area contributed by atoms with Crippen molar-refractivity contribution < 1.29 is 14.6 Å². The molecule has 0 aliphatic rings. The first-order valence-corrected chi connectivity index (χ1v) is 6.64. The number of methoxy groups -OCH3 is 1. The molecule has 3 rings (SSSR count). The van der Waals surface area contributed by atoms with E-state index in [1.165, 1.54) is 13.3 Å². The molecule has 0 saturated heterocycles. The van der Waals surface area contributed by atoms with Crippen LogP contribution in [0.2, 0.25) is 0 Å². The monoisotopic (exact) mass is 295 g/mol. The third-order valence-corrected chi connectivity index (χ3v) is 3.48. The Morgan fingerprint density at radius 3 is 2.59 bits per heavy atom. The Kier molecular flexibility index (Phi) is 3.39. The van der Waals surface area contributed by atoms with E-state index in [2.05, 4.69) is 0 Å². The van der Waals surface area contributed by atoms with Gasteiger partial charge in [0.05, 0.1) is 23.5 Å². The fraction of sp³-hybridized carbons (Fsp3) is 0.0588. The fourth-order valence-electron chi connectivity index (χ4n) is 2.48. The number of fused-ring (bicyclic) bond motifs is 2. The maximum absolute atomic E-state index is 12.6. The number of carbonyl (C=O) groups is 1. The van der Waals surface area contributed by atoms with Gasteiger partial charge >= 0.3 is 5.97 Å². The lowest BCUT2D eigenvalue weighted by Gasteiger charge is -2.11. The molecule has 5 nitrogen and oxygen atoms in total. The van der Waals surface area contributed by atoms with Gasteiger partial charge in [-0.3, -0.25) is 4.79 Å². The van der Waals surface area contributed by atoms with E-state index in [9.17, 15) is 9.59 Å². The van der Waals surface area contributed by atoms with Gasteiger partial charge in [-0.25, -0.2) is 4.79 Å². The molecule has 0 spiro atoms. The highest BCUT2D eigenvalue weighted by Crippen LogP contribution is 2.23. The summed E-state index contributed by atoms with van der Waals surface area (Å²) < 4.78 is 6.86. The van der Waals surface area contributed by atoms with Gasteiger partial charge in [0.15, 0.2) is 5.43 Å². The number of hydrogen-bond acceptors (Lipinski definition) is 3. The largest absolute Gasteiger partial charge is 0.497 e. The van der Waals surface area contributed by atoms with E-state index in [0.29, 0.717) is 27.6 Å². The van der Waals surface area contributed by atoms with Crippen molar-refractivity contribution in [2.75, 3.05) is 7.11 Å². The van der Waals surface area contributed by atoms with Crippen LogP contribution in [-0.2, 0) is 4.79 Å². The number of aromatic nitrogens is 1. The fourth-order valence-corrected chi connectivity index (χ4v) is 2.48. The Hall–Kier alpha value is -3.08. The summed E-state index contributed by atoms with van der Waals surface area (Å²) in [6, 6.07) is 12.2. The third kappa shape index (κ3) is 2.22. The first kappa shape index (κ1) is 13.9. The average molecular weight is 295 g/mol. The molecule has 22 heavy (non-hydrogen) atoms. The van der Waals surface area contributed by atoms with Crippen LogP contribution in [-0.4, -0.2) is 22.8 Å². The topological polar surface area (TPSA) is 68.5 Å². The van der Waals surface area contributed by atoms with E-state index in [0.717, 1.165) is 6.08 Å². The highest BCUT2D eigenvalue weighted by Gasteiger charge is 2.10. The maximum Gasteiger partial charge on any atom is 0.329 e. The molecule has 0 amide bonds. The number of rotatable bonds is 3. The van der Waals surface area contributed by atoms with Crippen LogP contribution < -0.4 is 10.2 Å². The quantitative estimate of drug-likeness (QED) is 0.596. The summed E-state index contributed by atoms with van der Waals surface area (Å²) in [6.45, 7) is 0. The number of hydrogen-bond donors (Lipinski definition) is 1. The molecule has 0 fully saturated rings. The van der Waals surface area contributed by atoms with Crippen LogP contribution in [0.5, 0.6) is 5.75 Å². The number of benzene rings is 2. The van der Waals surface area contributed by atoms with Crippen LogP contribution in [0.4, 0.5) is 0 Å². The van der Waals surface area contributed by atoms with Gasteiger partial charge in [0.2, 0.25) is 0 Å². The van der Waals surface area contributed by atoms with Gasteiger partial charge in [-0.05, 0) is 30.3 Å². The molecule has 1 aromatic heterocycles. The zero-order valence-electron chi connectivity index (χ0n) is 11.8. The van der Waals surface area contributed by atoms with Gasteiger partial charge < -0.3 is 14.4 Å². The predicted molar refractivity (Wildman–Crippen MR) is 85.2 cm³/mol. The number of ether oxygens (including phenoxy) is 1. The molecule has 1 heterocycles. The summed E-state index contributed by atoms with van der Waals surface area (Å²) in [5.74, 6) is -0.474. The molecular formula is C17H13NO4. The molecule has 0 aliphatic carbocycles. The third-order valence-electron chi connectivity index (χ3n) is 3.48. The predicted octanol–water partition coefficient (Wildman–Crippen LogP) is 2.72. The van der Waals surface area contributed by atoms with E-state index < -0.39 is 5.97 Å². The molecule has 0 atom stereocenters. The van der Waals surface area contributed by atoms with Crippen molar-refractivity contribution >= 4 is 34.0 Å². The normalized spacial score (nSPS) is 11.3. The molecule has 0 bridgehead atoms. The summed E-state index contributed by atoms with van der Waals surface area (Å²) >= 11 is 0. The van der Waals surface area contributed by atoms with Crippen molar-refractivity contribution in [2.24, 2.45) is 0 Å². The zero-order chi connectivity index (χ0) is 15.7. The summed E-state index contributed by atoms with van der Waals surface area (Å²) in [7, 11) is 1.53. The minimum atomic E-state index is -1.05. The second-order valence-corrected chi connectivity index (χ2v) is 4.75. The molecule has 3 aromatic rings. The van der Waals surface area contributed by atoms with Crippen molar-refractivity contribution in [3.8, 4) is 5.75 Å². The Morgan fingerprint density at radius 1 is 1.14 bits per heavy atom. The molecule has 110 valence electrons. The highest BCUT2D eigenvalue weighted by molar-refractivity contribution is 5.97. The second kappa shape index (κ2) is 5.37. The second-order valence-electron chi connectivity index (χ2n) is 4.75.